The predicted molar refractivity (Wildman–Crippen MR) is 64.8 cm³/mol. The van der Waals surface area contributed by atoms with Crippen LogP contribution in [0.15, 0.2) is 12.1 Å². The van der Waals surface area contributed by atoms with E-state index in [-0.39, 0.29) is 0 Å². The van der Waals surface area contributed by atoms with E-state index in [2.05, 4.69) is 5.48 Å². The van der Waals surface area contributed by atoms with E-state index >= 15 is 0 Å². The quantitative estimate of drug-likeness (QED) is 0.770. The van der Waals surface area contributed by atoms with Crippen LogP contribution < -0.4 is 15.0 Å². The number of rotatable bonds is 6. The molecule has 17 heavy (non-hydrogen) atoms. The summed E-state index contributed by atoms with van der Waals surface area (Å²) in [5, 5.41) is 9.17. The molecule has 94 valence electrons. The molecule has 1 saturated carbocycles. The Bertz CT molecular complexity index is 394. The summed E-state index contributed by atoms with van der Waals surface area (Å²) in [5.74, 6) is 1.85. The van der Waals surface area contributed by atoms with Crippen molar-refractivity contribution in [2.75, 3.05) is 13.7 Å². The number of hydroxylamine groups is 1. The highest BCUT2D eigenvalue weighted by atomic mass is 35.5. The number of halogens is 1. The number of ether oxygens (including phenoxy) is 2. The topological polar surface area (TPSA) is 50.7 Å². The average Bonchev–Trinajstić information content (AvgIpc) is 3.11. The smallest absolute Gasteiger partial charge is 0.179 e. The number of benzene rings is 1. The van der Waals surface area contributed by atoms with Crippen LogP contribution in [0.3, 0.4) is 0 Å². The first-order valence-electron chi connectivity index (χ1n) is 5.60. The van der Waals surface area contributed by atoms with E-state index < -0.39 is 0 Å². The Balaban J connectivity index is 2.16. The molecule has 4 nitrogen and oxygen atoms in total. The minimum Gasteiger partial charge on any atom is -0.493 e. The molecule has 0 bridgehead atoms. The zero-order valence-corrected chi connectivity index (χ0v) is 10.5. The van der Waals surface area contributed by atoms with Crippen molar-refractivity contribution >= 4 is 11.6 Å². The van der Waals surface area contributed by atoms with Gasteiger partial charge in [0.15, 0.2) is 11.5 Å². The minimum absolute atomic E-state index is 0.318. The molecule has 0 spiro atoms. The second-order valence-electron chi connectivity index (χ2n) is 4.20. The second-order valence-corrected chi connectivity index (χ2v) is 4.61. The summed E-state index contributed by atoms with van der Waals surface area (Å²) in [5.41, 5.74) is 2.93. The zero-order chi connectivity index (χ0) is 12.3. The summed E-state index contributed by atoms with van der Waals surface area (Å²) in [7, 11) is 1.58. The van der Waals surface area contributed by atoms with Crippen LogP contribution in [-0.4, -0.2) is 18.9 Å². The molecule has 1 fully saturated rings. The minimum atomic E-state index is 0.318. The zero-order valence-electron chi connectivity index (χ0n) is 9.70. The lowest BCUT2D eigenvalue weighted by Gasteiger charge is -2.13. The standard InChI is InChI=1S/C12H16ClNO3/c1-16-11-5-9(6-14-15)4-10(13)12(11)17-7-8-2-3-8/h4-5,8,14-15H,2-3,6-7H2,1H3. The molecule has 0 unspecified atom stereocenters. The van der Waals surface area contributed by atoms with Crippen molar-refractivity contribution in [2.24, 2.45) is 5.92 Å². The van der Waals surface area contributed by atoms with Gasteiger partial charge in [-0.1, -0.05) is 11.6 Å². The summed E-state index contributed by atoms with van der Waals surface area (Å²) < 4.78 is 10.9. The lowest BCUT2D eigenvalue weighted by Crippen LogP contribution is -2.07. The van der Waals surface area contributed by atoms with Gasteiger partial charge in [-0.25, -0.2) is 5.48 Å². The fourth-order valence-corrected chi connectivity index (χ4v) is 1.88. The Morgan fingerprint density at radius 3 is 2.82 bits per heavy atom. The first kappa shape index (κ1) is 12.5. The summed E-state index contributed by atoms with van der Waals surface area (Å²) >= 11 is 6.14. The highest BCUT2D eigenvalue weighted by Gasteiger charge is 2.23. The molecule has 0 radical (unpaired) electrons. The molecule has 1 aliphatic rings. The van der Waals surface area contributed by atoms with Crippen molar-refractivity contribution in [1.29, 1.82) is 0 Å². The van der Waals surface area contributed by atoms with Crippen LogP contribution in [0.1, 0.15) is 18.4 Å². The van der Waals surface area contributed by atoms with Gasteiger partial charge >= 0.3 is 0 Å². The summed E-state index contributed by atoms with van der Waals surface area (Å²) in [4.78, 5) is 0. The van der Waals surface area contributed by atoms with E-state index in [1.165, 1.54) is 12.8 Å². The van der Waals surface area contributed by atoms with E-state index in [1.807, 2.05) is 0 Å². The third-order valence-corrected chi connectivity index (χ3v) is 3.01. The maximum Gasteiger partial charge on any atom is 0.179 e. The Labute approximate surface area is 105 Å². The maximum atomic E-state index is 8.66. The van der Waals surface area contributed by atoms with Gasteiger partial charge in [-0.2, -0.15) is 0 Å². The van der Waals surface area contributed by atoms with Crippen molar-refractivity contribution in [3.63, 3.8) is 0 Å². The molecule has 1 aromatic rings. The first-order valence-corrected chi connectivity index (χ1v) is 5.98. The van der Waals surface area contributed by atoms with Gasteiger partial charge in [-0.3, -0.25) is 0 Å². The first-order chi connectivity index (χ1) is 8.24. The van der Waals surface area contributed by atoms with E-state index in [1.54, 1.807) is 19.2 Å². The van der Waals surface area contributed by atoms with Crippen LogP contribution >= 0.6 is 11.6 Å². The number of nitrogens with one attached hydrogen (secondary N) is 1. The molecule has 0 heterocycles. The lowest BCUT2D eigenvalue weighted by atomic mass is 10.2. The van der Waals surface area contributed by atoms with E-state index in [9.17, 15) is 0 Å². The maximum absolute atomic E-state index is 8.66. The SMILES string of the molecule is COc1cc(CNO)cc(Cl)c1OCC1CC1. The van der Waals surface area contributed by atoms with Crippen LogP contribution in [-0.2, 0) is 6.54 Å². The van der Waals surface area contributed by atoms with Gasteiger partial charge in [0.1, 0.15) is 0 Å². The summed E-state index contributed by atoms with van der Waals surface area (Å²) in [6.07, 6.45) is 2.46. The fraction of sp³-hybridized carbons (Fsp3) is 0.500. The molecule has 2 rings (SSSR count). The van der Waals surface area contributed by atoms with Gasteiger partial charge in [0.2, 0.25) is 0 Å². The molecule has 0 aliphatic heterocycles. The molecular formula is C12H16ClNO3. The number of hydrogen-bond acceptors (Lipinski definition) is 4. The predicted octanol–water partition coefficient (Wildman–Crippen LogP) is 2.62. The van der Waals surface area contributed by atoms with Gasteiger partial charge in [0.25, 0.3) is 0 Å². The Kier molecular flexibility index (Phi) is 4.10. The van der Waals surface area contributed by atoms with E-state index in [0.717, 1.165) is 5.56 Å². The van der Waals surface area contributed by atoms with Crippen LogP contribution in [0.4, 0.5) is 0 Å². The van der Waals surface area contributed by atoms with Gasteiger partial charge < -0.3 is 14.7 Å². The van der Waals surface area contributed by atoms with Gasteiger partial charge in [-0.15, -0.1) is 0 Å². The van der Waals surface area contributed by atoms with Gasteiger partial charge in [0.05, 0.1) is 18.7 Å². The molecule has 0 saturated heterocycles. The number of hydrogen-bond donors (Lipinski definition) is 2. The molecule has 5 heteroatoms. The van der Waals surface area contributed by atoms with Crippen LogP contribution in [0.25, 0.3) is 0 Å². The molecular weight excluding hydrogens is 242 g/mol. The highest BCUT2D eigenvalue weighted by Crippen LogP contribution is 2.38. The monoisotopic (exact) mass is 257 g/mol. The van der Waals surface area contributed by atoms with Crippen molar-refractivity contribution < 1.29 is 14.7 Å². The average molecular weight is 258 g/mol. The van der Waals surface area contributed by atoms with Gasteiger partial charge in [-0.05, 0) is 36.5 Å². The molecule has 0 amide bonds. The van der Waals surface area contributed by atoms with Crippen molar-refractivity contribution in [3.05, 3.63) is 22.7 Å². The molecule has 0 aromatic heterocycles. The molecule has 2 N–H and O–H groups in total. The van der Waals surface area contributed by atoms with Crippen LogP contribution in [0.5, 0.6) is 11.5 Å². The number of methoxy groups -OCH3 is 1. The third kappa shape index (κ3) is 3.25. The van der Waals surface area contributed by atoms with Crippen LogP contribution in [0, 0.1) is 5.92 Å². The Morgan fingerprint density at radius 2 is 2.24 bits per heavy atom. The molecule has 1 aromatic carbocycles. The van der Waals surface area contributed by atoms with Crippen molar-refractivity contribution in [2.45, 2.75) is 19.4 Å². The van der Waals surface area contributed by atoms with Crippen molar-refractivity contribution in [3.8, 4) is 11.5 Å². The van der Waals surface area contributed by atoms with Crippen molar-refractivity contribution in [1.82, 2.24) is 5.48 Å². The van der Waals surface area contributed by atoms with E-state index in [0.29, 0.717) is 35.6 Å². The largest absolute Gasteiger partial charge is 0.493 e. The van der Waals surface area contributed by atoms with E-state index in [4.69, 9.17) is 26.3 Å². The molecule has 1 aliphatic carbocycles. The Hall–Kier alpha value is -0.970. The lowest BCUT2D eigenvalue weighted by molar-refractivity contribution is 0.161. The van der Waals surface area contributed by atoms with Crippen LogP contribution in [0.2, 0.25) is 5.02 Å². The highest BCUT2D eigenvalue weighted by molar-refractivity contribution is 6.32. The third-order valence-electron chi connectivity index (χ3n) is 2.73. The summed E-state index contributed by atoms with van der Waals surface area (Å²) in [6.45, 7) is 1.01. The Morgan fingerprint density at radius 1 is 1.47 bits per heavy atom. The fourth-order valence-electron chi connectivity index (χ4n) is 1.59. The van der Waals surface area contributed by atoms with Gasteiger partial charge in [0, 0.05) is 6.54 Å². The second kappa shape index (κ2) is 5.58. The normalized spacial score (nSPS) is 14.8. The molecule has 0 atom stereocenters. The summed E-state index contributed by atoms with van der Waals surface area (Å²) in [6, 6.07) is 3.56.